The van der Waals surface area contributed by atoms with E-state index in [1.165, 1.54) is 6.92 Å². The van der Waals surface area contributed by atoms with Crippen molar-refractivity contribution in [3.8, 4) is 0 Å². The van der Waals surface area contributed by atoms with Crippen LogP contribution in [0.1, 0.15) is 26.2 Å². The highest BCUT2D eigenvalue weighted by Gasteiger charge is 1.97. The molecule has 86 valence electrons. The third kappa shape index (κ3) is 10.8. The van der Waals surface area contributed by atoms with Gasteiger partial charge in [0.05, 0.1) is 0 Å². The first-order valence-corrected chi connectivity index (χ1v) is 5.28. The quantitative estimate of drug-likeness (QED) is 0.360. The third-order valence-corrected chi connectivity index (χ3v) is 1.87. The van der Waals surface area contributed by atoms with Gasteiger partial charge in [-0.05, 0) is 31.4 Å². The monoisotopic (exact) mass is 211 g/mol. The highest BCUT2D eigenvalue weighted by molar-refractivity contribution is 5.66. The van der Waals surface area contributed by atoms with Gasteiger partial charge in [-0.15, -0.1) is 6.58 Å². The Bertz CT molecular complexity index is 212. The average Bonchev–Trinajstić information content (AvgIpc) is 2.20. The number of carbonyl (C=O) groups is 1. The zero-order valence-electron chi connectivity index (χ0n) is 9.55. The maximum absolute atomic E-state index is 10.5. The van der Waals surface area contributed by atoms with Crippen LogP contribution >= 0.6 is 0 Å². The van der Waals surface area contributed by atoms with E-state index in [4.69, 9.17) is 4.74 Å². The molecule has 0 saturated heterocycles. The second-order valence-electron chi connectivity index (χ2n) is 3.49. The highest BCUT2D eigenvalue weighted by Crippen LogP contribution is 1.95. The van der Waals surface area contributed by atoms with E-state index in [-0.39, 0.29) is 5.97 Å². The lowest BCUT2D eigenvalue weighted by Crippen LogP contribution is -2.20. The van der Waals surface area contributed by atoms with E-state index in [1.807, 2.05) is 6.08 Å². The number of hydrogen-bond acceptors (Lipinski definition) is 3. The molecule has 0 heterocycles. The van der Waals surface area contributed by atoms with Crippen molar-refractivity contribution in [1.82, 2.24) is 5.32 Å². The molecule has 0 fully saturated rings. The Kier molecular flexibility index (Phi) is 8.78. The van der Waals surface area contributed by atoms with Gasteiger partial charge in [0.25, 0.3) is 0 Å². The molecule has 0 amide bonds. The number of hydrogen-bond donors (Lipinski definition) is 1. The minimum Gasteiger partial charge on any atom is -0.461 e. The summed E-state index contributed by atoms with van der Waals surface area (Å²) in [4.78, 5) is 10.5. The second-order valence-corrected chi connectivity index (χ2v) is 3.49. The van der Waals surface area contributed by atoms with Crippen molar-refractivity contribution in [2.45, 2.75) is 26.2 Å². The molecule has 0 bridgehead atoms. The van der Waals surface area contributed by atoms with Gasteiger partial charge in [-0.1, -0.05) is 12.7 Å². The number of nitrogens with one attached hydrogen (secondary N) is 1. The zero-order valence-corrected chi connectivity index (χ0v) is 9.55. The number of rotatable bonds is 9. The molecule has 0 rings (SSSR count). The normalized spacial score (nSPS) is 9.67. The van der Waals surface area contributed by atoms with E-state index in [9.17, 15) is 4.79 Å². The van der Waals surface area contributed by atoms with Crippen LogP contribution in [0.15, 0.2) is 24.8 Å². The van der Waals surface area contributed by atoms with Gasteiger partial charge in [0.2, 0.25) is 0 Å². The molecule has 0 atom stereocenters. The molecular formula is C12H21NO2. The van der Waals surface area contributed by atoms with Gasteiger partial charge in [0.1, 0.15) is 6.61 Å². The SMILES string of the molecule is C=CCCCCNCC(=C)COC(C)=O. The molecule has 1 N–H and O–H groups in total. The average molecular weight is 211 g/mol. The fourth-order valence-corrected chi connectivity index (χ4v) is 1.06. The van der Waals surface area contributed by atoms with Crippen LogP contribution in [-0.2, 0) is 9.53 Å². The fraction of sp³-hybridized carbons (Fsp3) is 0.583. The minimum absolute atomic E-state index is 0.262. The van der Waals surface area contributed by atoms with Crippen molar-refractivity contribution in [1.29, 1.82) is 0 Å². The van der Waals surface area contributed by atoms with Crippen molar-refractivity contribution in [2.24, 2.45) is 0 Å². The van der Waals surface area contributed by atoms with Crippen LogP contribution in [0.4, 0.5) is 0 Å². The summed E-state index contributed by atoms with van der Waals surface area (Å²) in [5.74, 6) is -0.262. The minimum atomic E-state index is -0.262. The van der Waals surface area contributed by atoms with Gasteiger partial charge in [0, 0.05) is 13.5 Å². The predicted octanol–water partition coefficient (Wildman–Crippen LogP) is 2.05. The summed E-state index contributed by atoms with van der Waals surface area (Å²) >= 11 is 0. The molecule has 0 unspecified atom stereocenters. The Hall–Kier alpha value is -1.09. The summed E-state index contributed by atoms with van der Waals surface area (Å²) < 4.78 is 4.81. The van der Waals surface area contributed by atoms with Gasteiger partial charge < -0.3 is 10.1 Å². The van der Waals surface area contributed by atoms with Crippen LogP contribution in [0.5, 0.6) is 0 Å². The molecule has 3 heteroatoms. The number of unbranched alkanes of at least 4 members (excludes halogenated alkanes) is 2. The Morgan fingerprint density at radius 3 is 2.80 bits per heavy atom. The van der Waals surface area contributed by atoms with Crippen molar-refractivity contribution in [2.75, 3.05) is 19.7 Å². The third-order valence-electron chi connectivity index (χ3n) is 1.87. The van der Waals surface area contributed by atoms with Crippen LogP contribution in [0.2, 0.25) is 0 Å². The van der Waals surface area contributed by atoms with Crippen LogP contribution in [-0.4, -0.2) is 25.7 Å². The molecule has 0 aromatic rings. The number of allylic oxidation sites excluding steroid dienone is 1. The number of ether oxygens (including phenoxy) is 1. The lowest BCUT2D eigenvalue weighted by molar-refractivity contribution is -0.139. The van der Waals surface area contributed by atoms with Gasteiger partial charge >= 0.3 is 5.97 Å². The summed E-state index contributed by atoms with van der Waals surface area (Å²) in [5.41, 5.74) is 0.897. The van der Waals surface area contributed by atoms with E-state index < -0.39 is 0 Å². The summed E-state index contributed by atoms with van der Waals surface area (Å²) in [6.07, 6.45) is 5.29. The van der Waals surface area contributed by atoms with Crippen LogP contribution in [0.3, 0.4) is 0 Å². The Balaban J connectivity index is 3.23. The van der Waals surface area contributed by atoms with Crippen molar-refractivity contribution in [3.05, 3.63) is 24.8 Å². The van der Waals surface area contributed by atoms with Gasteiger partial charge in [-0.2, -0.15) is 0 Å². The summed E-state index contributed by atoms with van der Waals surface area (Å²) in [6, 6.07) is 0. The maximum atomic E-state index is 10.5. The molecule has 0 saturated carbocycles. The first-order chi connectivity index (χ1) is 7.16. The lowest BCUT2D eigenvalue weighted by Gasteiger charge is -2.07. The van der Waals surface area contributed by atoms with Gasteiger partial charge in [0.15, 0.2) is 0 Å². The van der Waals surface area contributed by atoms with E-state index >= 15 is 0 Å². The van der Waals surface area contributed by atoms with Crippen molar-refractivity contribution >= 4 is 5.97 Å². The smallest absolute Gasteiger partial charge is 0.302 e. The van der Waals surface area contributed by atoms with Gasteiger partial charge in [-0.3, -0.25) is 4.79 Å². The van der Waals surface area contributed by atoms with E-state index in [0.29, 0.717) is 13.2 Å². The molecule has 3 nitrogen and oxygen atoms in total. The molecule has 0 spiro atoms. The summed E-state index contributed by atoms with van der Waals surface area (Å²) in [7, 11) is 0. The molecule has 15 heavy (non-hydrogen) atoms. The summed E-state index contributed by atoms with van der Waals surface area (Å²) in [6.45, 7) is 10.9. The van der Waals surface area contributed by atoms with E-state index in [2.05, 4.69) is 18.5 Å². The molecule has 0 aliphatic rings. The van der Waals surface area contributed by atoms with E-state index in [0.717, 1.165) is 31.4 Å². The fourth-order valence-electron chi connectivity index (χ4n) is 1.06. The van der Waals surface area contributed by atoms with Crippen LogP contribution in [0, 0.1) is 0 Å². The van der Waals surface area contributed by atoms with Gasteiger partial charge in [-0.25, -0.2) is 0 Å². The lowest BCUT2D eigenvalue weighted by atomic mass is 10.2. The van der Waals surface area contributed by atoms with Crippen LogP contribution < -0.4 is 5.32 Å². The first kappa shape index (κ1) is 13.9. The molecule has 0 aliphatic heterocycles. The summed E-state index contributed by atoms with van der Waals surface area (Å²) in [5, 5.41) is 3.24. The Morgan fingerprint density at radius 1 is 1.47 bits per heavy atom. The topological polar surface area (TPSA) is 38.3 Å². The Morgan fingerprint density at radius 2 is 2.20 bits per heavy atom. The van der Waals surface area contributed by atoms with Crippen molar-refractivity contribution in [3.63, 3.8) is 0 Å². The van der Waals surface area contributed by atoms with Crippen molar-refractivity contribution < 1.29 is 9.53 Å². The molecular weight excluding hydrogens is 190 g/mol. The zero-order chi connectivity index (χ0) is 11.5. The number of esters is 1. The van der Waals surface area contributed by atoms with E-state index in [1.54, 1.807) is 0 Å². The standard InChI is InChI=1S/C12H21NO2/c1-4-5-6-7-8-13-9-11(2)10-15-12(3)14/h4,13H,1-2,5-10H2,3H3. The Labute approximate surface area is 92.2 Å². The second kappa shape index (κ2) is 9.46. The maximum Gasteiger partial charge on any atom is 0.302 e. The first-order valence-electron chi connectivity index (χ1n) is 5.28. The predicted molar refractivity (Wildman–Crippen MR) is 62.7 cm³/mol. The molecule has 0 radical (unpaired) electrons. The van der Waals surface area contributed by atoms with Crippen LogP contribution in [0.25, 0.3) is 0 Å². The highest BCUT2D eigenvalue weighted by atomic mass is 16.5. The molecule has 0 aromatic carbocycles. The molecule has 0 aliphatic carbocycles. The number of carbonyl (C=O) groups excluding carboxylic acids is 1. The largest absolute Gasteiger partial charge is 0.461 e. The molecule has 0 aromatic heterocycles.